The van der Waals surface area contributed by atoms with Gasteiger partial charge in [0.05, 0.1) is 4.92 Å². The van der Waals surface area contributed by atoms with Gasteiger partial charge >= 0.3 is 11.2 Å². The summed E-state index contributed by atoms with van der Waals surface area (Å²) in [5.74, 6) is -0.466. The Morgan fingerprint density at radius 2 is 2.12 bits per heavy atom. The van der Waals surface area contributed by atoms with Crippen molar-refractivity contribution in [2.45, 2.75) is 44.7 Å². The van der Waals surface area contributed by atoms with E-state index in [0.29, 0.717) is 0 Å². The second kappa shape index (κ2) is 6.88. The molecule has 9 heteroatoms. The number of fused-ring (bicyclic) bond motifs is 1. The standard InChI is InChI=1S/C16H19N5O4/c1-10(15(22)18-11-6-2-3-7-11)17-14-13(21(24)25)16(23)20-9-5-4-8-12(20)19-14/h4-5,8-11,17H,2-3,6-7H2,1H3,(H,18,22). The predicted octanol–water partition coefficient (Wildman–Crippen LogP) is 1.46. The van der Waals surface area contributed by atoms with E-state index in [1.165, 1.54) is 6.20 Å². The minimum Gasteiger partial charge on any atom is -0.353 e. The molecule has 1 aliphatic rings. The number of aromatic nitrogens is 2. The highest BCUT2D eigenvalue weighted by Crippen LogP contribution is 2.20. The number of anilines is 1. The molecule has 2 aromatic heterocycles. The summed E-state index contributed by atoms with van der Waals surface area (Å²) >= 11 is 0. The third kappa shape index (κ3) is 3.44. The van der Waals surface area contributed by atoms with Crippen molar-refractivity contribution < 1.29 is 9.72 Å². The number of amides is 1. The molecule has 1 unspecified atom stereocenters. The quantitative estimate of drug-likeness (QED) is 0.625. The molecule has 0 bridgehead atoms. The van der Waals surface area contributed by atoms with Crippen LogP contribution in [0.3, 0.4) is 0 Å². The molecule has 1 aliphatic carbocycles. The van der Waals surface area contributed by atoms with Gasteiger partial charge in [0.1, 0.15) is 11.7 Å². The van der Waals surface area contributed by atoms with Gasteiger partial charge in [-0.15, -0.1) is 0 Å². The highest BCUT2D eigenvalue weighted by atomic mass is 16.6. The third-order valence-electron chi connectivity index (χ3n) is 4.34. The molecule has 2 heterocycles. The van der Waals surface area contributed by atoms with E-state index in [1.54, 1.807) is 25.1 Å². The Balaban J connectivity index is 1.89. The number of pyridine rings is 1. The Hall–Kier alpha value is -2.97. The topological polar surface area (TPSA) is 119 Å². The SMILES string of the molecule is CC(Nc1nc2ccccn2c(=O)c1[N+](=O)[O-])C(=O)NC1CCCC1. The summed E-state index contributed by atoms with van der Waals surface area (Å²) in [7, 11) is 0. The summed E-state index contributed by atoms with van der Waals surface area (Å²) in [6.45, 7) is 1.59. The Bertz CT molecular complexity index is 872. The van der Waals surface area contributed by atoms with Crippen molar-refractivity contribution in [2.24, 2.45) is 0 Å². The number of nitro groups is 1. The van der Waals surface area contributed by atoms with Crippen LogP contribution in [0.4, 0.5) is 11.5 Å². The first-order chi connectivity index (χ1) is 12.0. The van der Waals surface area contributed by atoms with Gasteiger partial charge in [-0.2, -0.15) is 0 Å². The number of rotatable bonds is 5. The van der Waals surface area contributed by atoms with Gasteiger partial charge in [-0.25, -0.2) is 4.98 Å². The molecular weight excluding hydrogens is 326 g/mol. The van der Waals surface area contributed by atoms with Crippen LogP contribution in [-0.2, 0) is 4.79 Å². The molecule has 0 spiro atoms. The summed E-state index contributed by atoms with van der Waals surface area (Å²) < 4.78 is 1.10. The van der Waals surface area contributed by atoms with Crippen LogP contribution in [0, 0.1) is 10.1 Å². The maximum atomic E-state index is 12.4. The number of nitrogens with one attached hydrogen (secondary N) is 2. The van der Waals surface area contributed by atoms with Gasteiger partial charge < -0.3 is 10.6 Å². The van der Waals surface area contributed by atoms with Crippen molar-refractivity contribution in [3.63, 3.8) is 0 Å². The van der Waals surface area contributed by atoms with Crippen molar-refractivity contribution >= 4 is 23.1 Å². The predicted molar refractivity (Wildman–Crippen MR) is 91.6 cm³/mol. The van der Waals surface area contributed by atoms with Crippen LogP contribution in [0.25, 0.3) is 5.65 Å². The molecule has 2 aromatic rings. The van der Waals surface area contributed by atoms with Gasteiger partial charge in [-0.3, -0.25) is 24.1 Å². The maximum Gasteiger partial charge on any atom is 0.376 e. The fourth-order valence-electron chi connectivity index (χ4n) is 3.01. The van der Waals surface area contributed by atoms with Gasteiger partial charge in [0.15, 0.2) is 0 Å². The molecule has 0 aromatic carbocycles. The monoisotopic (exact) mass is 345 g/mol. The zero-order valence-electron chi connectivity index (χ0n) is 13.8. The minimum atomic E-state index is -0.790. The lowest BCUT2D eigenvalue weighted by atomic mass is 10.2. The Labute approximate surface area is 143 Å². The summed E-state index contributed by atoms with van der Waals surface area (Å²) in [4.78, 5) is 39.3. The second-order valence-electron chi connectivity index (χ2n) is 6.16. The largest absolute Gasteiger partial charge is 0.376 e. The highest BCUT2D eigenvalue weighted by Gasteiger charge is 2.27. The Kier molecular flexibility index (Phi) is 4.64. The van der Waals surface area contributed by atoms with E-state index in [2.05, 4.69) is 15.6 Å². The molecule has 0 saturated heterocycles. The van der Waals surface area contributed by atoms with Crippen LogP contribution in [0.5, 0.6) is 0 Å². The smallest absolute Gasteiger partial charge is 0.353 e. The van der Waals surface area contributed by atoms with E-state index in [1.807, 2.05) is 0 Å². The van der Waals surface area contributed by atoms with Crippen LogP contribution >= 0.6 is 0 Å². The molecular formula is C16H19N5O4. The van der Waals surface area contributed by atoms with E-state index < -0.39 is 22.2 Å². The number of carbonyl (C=O) groups excluding carboxylic acids is 1. The summed E-state index contributed by atoms with van der Waals surface area (Å²) in [6.07, 6.45) is 5.46. The van der Waals surface area contributed by atoms with Crippen LogP contribution in [0.2, 0.25) is 0 Å². The molecule has 2 N–H and O–H groups in total. The third-order valence-corrected chi connectivity index (χ3v) is 4.34. The summed E-state index contributed by atoms with van der Waals surface area (Å²) in [5.41, 5.74) is -1.20. The number of nitrogens with zero attached hydrogens (tertiary/aromatic N) is 3. The average molecular weight is 345 g/mol. The van der Waals surface area contributed by atoms with Gasteiger partial charge in [0.2, 0.25) is 11.7 Å². The van der Waals surface area contributed by atoms with E-state index in [0.717, 1.165) is 30.1 Å². The number of hydrogen-bond donors (Lipinski definition) is 2. The second-order valence-corrected chi connectivity index (χ2v) is 6.16. The lowest BCUT2D eigenvalue weighted by Crippen LogP contribution is -2.42. The van der Waals surface area contributed by atoms with Crippen LogP contribution < -0.4 is 16.2 Å². The fraction of sp³-hybridized carbons (Fsp3) is 0.438. The molecule has 25 heavy (non-hydrogen) atoms. The zero-order valence-corrected chi connectivity index (χ0v) is 13.8. The fourth-order valence-corrected chi connectivity index (χ4v) is 3.01. The lowest BCUT2D eigenvalue weighted by Gasteiger charge is -2.18. The van der Waals surface area contributed by atoms with Crippen molar-refractivity contribution in [2.75, 3.05) is 5.32 Å². The first kappa shape index (κ1) is 16.9. The molecule has 1 atom stereocenters. The van der Waals surface area contributed by atoms with Crippen molar-refractivity contribution in [3.8, 4) is 0 Å². The van der Waals surface area contributed by atoms with Crippen molar-refractivity contribution in [3.05, 3.63) is 44.9 Å². The van der Waals surface area contributed by atoms with Crippen LogP contribution in [0.15, 0.2) is 29.2 Å². The van der Waals surface area contributed by atoms with E-state index in [9.17, 15) is 19.7 Å². The number of hydrogen-bond acceptors (Lipinski definition) is 6. The molecule has 0 aliphatic heterocycles. The maximum absolute atomic E-state index is 12.4. The zero-order chi connectivity index (χ0) is 18.0. The van der Waals surface area contributed by atoms with E-state index in [4.69, 9.17) is 0 Å². The van der Waals surface area contributed by atoms with Crippen LogP contribution in [0.1, 0.15) is 32.6 Å². The first-order valence-electron chi connectivity index (χ1n) is 8.20. The molecule has 0 radical (unpaired) electrons. The van der Waals surface area contributed by atoms with Gasteiger partial charge in [0, 0.05) is 12.2 Å². The van der Waals surface area contributed by atoms with Crippen molar-refractivity contribution in [1.29, 1.82) is 0 Å². The Morgan fingerprint density at radius 1 is 1.40 bits per heavy atom. The number of carbonyl (C=O) groups is 1. The normalized spacial score (nSPS) is 15.9. The van der Waals surface area contributed by atoms with Gasteiger partial charge in [-0.1, -0.05) is 18.9 Å². The van der Waals surface area contributed by atoms with E-state index in [-0.39, 0.29) is 23.4 Å². The highest BCUT2D eigenvalue weighted by molar-refractivity contribution is 5.85. The van der Waals surface area contributed by atoms with E-state index >= 15 is 0 Å². The molecule has 1 saturated carbocycles. The van der Waals surface area contributed by atoms with Crippen molar-refractivity contribution in [1.82, 2.24) is 14.7 Å². The molecule has 132 valence electrons. The summed E-state index contributed by atoms with van der Waals surface area (Å²) in [6, 6.07) is 4.22. The first-order valence-corrected chi connectivity index (χ1v) is 8.20. The molecule has 9 nitrogen and oxygen atoms in total. The lowest BCUT2D eigenvalue weighted by molar-refractivity contribution is -0.385. The molecule has 3 rings (SSSR count). The molecule has 1 amide bonds. The minimum absolute atomic E-state index is 0.141. The Morgan fingerprint density at radius 3 is 2.80 bits per heavy atom. The van der Waals surface area contributed by atoms with Gasteiger partial charge in [0.25, 0.3) is 0 Å². The van der Waals surface area contributed by atoms with Crippen LogP contribution in [-0.4, -0.2) is 32.3 Å². The average Bonchev–Trinajstić information content (AvgIpc) is 3.07. The summed E-state index contributed by atoms with van der Waals surface area (Å²) in [5, 5.41) is 17.0. The molecule has 1 fully saturated rings. The van der Waals surface area contributed by atoms with Gasteiger partial charge in [-0.05, 0) is 31.9 Å².